The Kier molecular flexibility index (Phi) is 5.54. The molecule has 0 aliphatic rings. The largest absolute Gasteiger partial charge is 0.380 e. The Morgan fingerprint density at radius 1 is 1.56 bits per heavy atom. The highest BCUT2D eigenvalue weighted by atomic mass is 35.5. The fraction of sp³-hybridized carbons (Fsp3) is 0.364. The van der Waals surface area contributed by atoms with E-state index in [1.54, 1.807) is 0 Å². The summed E-state index contributed by atoms with van der Waals surface area (Å²) in [5.41, 5.74) is -0.0864. The number of nitro benzene ring substituents is 1. The molecule has 0 aliphatic carbocycles. The molecule has 0 atom stereocenters. The maximum absolute atomic E-state index is 11.7. The number of benzene rings is 1. The summed E-state index contributed by atoms with van der Waals surface area (Å²) in [5.74, 6) is -0.394. The predicted octanol–water partition coefficient (Wildman–Crippen LogP) is 2.01. The molecule has 0 fully saturated rings. The van der Waals surface area contributed by atoms with Crippen molar-refractivity contribution in [3.05, 3.63) is 38.9 Å². The highest BCUT2D eigenvalue weighted by molar-refractivity contribution is 6.32. The Morgan fingerprint density at radius 3 is 2.89 bits per heavy atom. The minimum atomic E-state index is -0.626. The van der Waals surface area contributed by atoms with Crippen LogP contribution in [0.2, 0.25) is 5.02 Å². The number of carbonyl (C=O) groups excluding carboxylic acids is 1. The molecule has 0 saturated heterocycles. The zero-order valence-corrected chi connectivity index (χ0v) is 10.6. The maximum atomic E-state index is 11.7. The zero-order valence-electron chi connectivity index (χ0n) is 9.81. The normalized spacial score (nSPS) is 10.1. The first-order valence-electron chi connectivity index (χ1n) is 5.36. The molecule has 1 aromatic rings. The van der Waals surface area contributed by atoms with Gasteiger partial charge in [-0.25, -0.2) is 0 Å². The number of hydrogen-bond acceptors (Lipinski definition) is 4. The van der Waals surface area contributed by atoms with Crippen LogP contribution >= 0.6 is 11.6 Å². The number of carbonyl (C=O) groups is 1. The van der Waals surface area contributed by atoms with Gasteiger partial charge in [0.25, 0.3) is 11.6 Å². The molecule has 1 amide bonds. The first-order chi connectivity index (χ1) is 8.56. The van der Waals surface area contributed by atoms with E-state index in [1.807, 2.05) is 6.92 Å². The van der Waals surface area contributed by atoms with Crippen LogP contribution in [0.5, 0.6) is 0 Å². The molecule has 0 heterocycles. The Balaban J connectivity index is 2.68. The molecule has 6 nitrogen and oxygen atoms in total. The third-order valence-corrected chi connectivity index (χ3v) is 2.46. The van der Waals surface area contributed by atoms with Gasteiger partial charge in [-0.05, 0) is 19.1 Å². The molecule has 0 saturated carbocycles. The smallest absolute Gasteiger partial charge is 0.288 e. The van der Waals surface area contributed by atoms with Gasteiger partial charge in [-0.1, -0.05) is 11.6 Å². The molecular formula is C11H13ClN2O4. The monoisotopic (exact) mass is 272 g/mol. The average Bonchev–Trinajstić information content (AvgIpc) is 2.34. The van der Waals surface area contributed by atoms with Gasteiger partial charge in [-0.15, -0.1) is 0 Å². The van der Waals surface area contributed by atoms with E-state index in [9.17, 15) is 14.9 Å². The van der Waals surface area contributed by atoms with Crippen LogP contribution in [0.4, 0.5) is 5.69 Å². The lowest BCUT2D eigenvalue weighted by atomic mass is 10.2. The summed E-state index contributed by atoms with van der Waals surface area (Å²) < 4.78 is 5.06. The van der Waals surface area contributed by atoms with Gasteiger partial charge in [-0.2, -0.15) is 0 Å². The van der Waals surface area contributed by atoms with Crippen molar-refractivity contribution < 1.29 is 14.5 Å². The van der Waals surface area contributed by atoms with E-state index >= 15 is 0 Å². The zero-order chi connectivity index (χ0) is 13.5. The highest BCUT2D eigenvalue weighted by Gasteiger charge is 2.15. The van der Waals surface area contributed by atoms with E-state index in [4.69, 9.17) is 16.3 Å². The highest BCUT2D eigenvalue weighted by Crippen LogP contribution is 2.24. The number of nitrogens with zero attached hydrogens (tertiary/aromatic N) is 1. The topological polar surface area (TPSA) is 81.5 Å². The second-order valence-corrected chi connectivity index (χ2v) is 3.78. The van der Waals surface area contributed by atoms with Crippen molar-refractivity contribution in [3.8, 4) is 0 Å². The van der Waals surface area contributed by atoms with Gasteiger partial charge in [0, 0.05) is 24.8 Å². The molecule has 98 valence electrons. The van der Waals surface area contributed by atoms with Crippen molar-refractivity contribution in [2.24, 2.45) is 0 Å². The molecule has 1 rings (SSSR count). The molecule has 7 heteroatoms. The predicted molar refractivity (Wildman–Crippen MR) is 66.9 cm³/mol. The first-order valence-corrected chi connectivity index (χ1v) is 5.74. The third-order valence-electron chi connectivity index (χ3n) is 2.14. The second-order valence-electron chi connectivity index (χ2n) is 3.38. The van der Waals surface area contributed by atoms with Gasteiger partial charge in [0.2, 0.25) is 0 Å². The van der Waals surface area contributed by atoms with Gasteiger partial charge in [-0.3, -0.25) is 14.9 Å². The van der Waals surface area contributed by atoms with Gasteiger partial charge in [0.15, 0.2) is 0 Å². The summed E-state index contributed by atoms with van der Waals surface area (Å²) in [4.78, 5) is 21.7. The van der Waals surface area contributed by atoms with Gasteiger partial charge in [0.1, 0.15) is 5.02 Å². The molecule has 18 heavy (non-hydrogen) atoms. The number of ether oxygens (including phenoxy) is 1. The lowest BCUT2D eigenvalue weighted by molar-refractivity contribution is -0.384. The summed E-state index contributed by atoms with van der Waals surface area (Å²) in [5, 5.41) is 13.3. The molecule has 1 N–H and O–H groups in total. The van der Waals surface area contributed by atoms with Crippen LogP contribution in [0.1, 0.15) is 17.3 Å². The van der Waals surface area contributed by atoms with E-state index in [2.05, 4.69) is 5.32 Å². The van der Waals surface area contributed by atoms with Gasteiger partial charge in [0.05, 0.1) is 11.5 Å². The van der Waals surface area contributed by atoms with Crippen molar-refractivity contribution in [2.75, 3.05) is 19.8 Å². The number of rotatable bonds is 6. The maximum Gasteiger partial charge on any atom is 0.288 e. The Bertz CT molecular complexity index is 451. The van der Waals surface area contributed by atoms with Crippen molar-refractivity contribution in [2.45, 2.75) is 6.92 Å². The quantitative estimate of drug-likeness (QED) is 0.488. The molecule has 1 aromatic carbocycles. The van der Waals surface area contributed by atoms with Gasteiger partial charge < -0.3 is 10.1 Å². The van der Waals surface area contributed by atoms with Crippen LogP contribution in [0.3, 0.4) is 0 Å². The molecule has 0 aliphatic heterocycles. The summed E-state index contributed by atoms with van der Waals surface area (Å²) in [6, 6.07) is 3.92. The Morgan fingerprint density at radius 2 is 2.28 bits per heavy atom. The summed E-state index contributed by atoms with van der Waals surface area (Å²) in [6.45, 7) is 3.17. The van der Waals surface area contributed by atoms with Crippen LogP contribution in [0.15, 0.2) is 18.2 Å². The number of nitrogens with one attached hydrogen (secondary N) is 1. The second kappa shape index (κ2) is 6.93. The standard InChI is InChI=1S/C11H13ClN2O4/c1-2-18-6-5-13-11(15)8-3-4-9(12)10(7-8)14(16)17/h3-4,7H,2,5-6H2,1H3,(H,13,15). The van der Waals surface area contributed by atoms with Crippen LogP contribution < -0.4 is 5.32 Å². The lowest BCUT2D eigenvalue weighted by Gasteiger charge is -2.05. The minimum Gasteiger partial charge on any atom is -0.380 e. The van der Waals surface area contributed by atoms with Gasteiger partial charge >= 0.3 is 0 Å². The molecular weight excluding hydrogens is 260 g/mol. The first kappa shape index (κ1) is 14.4. The molecule has 0 unspecified atom stereocenters. The van der Waals surface area contributed by atoms with Crippen LogP contribution in [-0.2, 0) is 4.74 Å². The summed E-state index contributed by atoms with van der Waals surface area (Å²) in [6.07, 6.45) is 0. The van der Waals surface area contributed by atoms with Crippen molar-refractivity contribution >= 4 is 23.2 Å². The number of amides is 1. The van der Waals surface area contributed by atoms with E-state index in [0.29, 0.717) is 19.8 Å². The molecule has 0 bridgehead atoms. The number of halogens is 1. The van der Waals surface area contributed by atoms with E-state index in [-0.39, 0.29) is 16.3 Å². The number of nitro groups is 1. The minimum absolute atomic E-state index is 0.00543. The molecule has 0 radical (unpaired) electrons. The van der Waals surface area contributed by atoms with Crippen molar-refractivity contribution in [1.29, 1.82) is 0 Å². The van der Waals surface area contributed by atoms with E-state index in [0.717, 1.165) is 6.07 Å². The SMILES string of the molecule is CCOCCNC(=O)c1ccc(Cl)c([N+](=O)[O-])c1. The van der Waals surface area contributed by atoms with Crippen LogP contribution in [0, 0.1) is 10.1 Å². The molecule has 0 aromatic heterocycles. The Hall–Kier alpha value is -1.66. The van der Waals surface area contributed by atoms with Crippen molar-refractivity contribution in [3.63, 3.8) is 0 Å². The van der Waals surface area contributed by atoms with E-state index in [1.165, 1.54) is 12.1 Å². The summed E-state index contributed by atoms with van der Waals surface area (Å²) >= 11 is 5.65. The van der Waals surface area contributed by atoms with Crippen LogP contribution in [0.25, 0.3) is 0 Å². The Labute approximate surface area is 109 Å². The average molecular weight is 273 g/mol. The van der Waals surface area contributed by atoms with Crippen LogP contribution in [-0.4, -0.2) is 30.6 Å². The fourth-order valence-corrected chi connectivity index (χ4v) is 1.46. The number of hydrogen-bond donors (Lipinski definition) is 1. The fourth-order valence-electron chi connectivity index (χ4n) is 1.28. The van der Waals surface area contributed by atoms with E-state index < -0.39 is 10.8 Å². The van der Waals surface area contributed by atoms with Crippen molar-refractivity contribution in [1.82, 2.24) is 5.32 Å². The summed E-state index contributed by atoms with van der Waals surface area (Å²) in [7, 11) is 0. The lowest BCUT2D eigenvalue weighted by Crippen LogP contribution is -2.27. The third kappa shape index (κ3) is 3.97. The molecule has 0 spiro atoms.